The molecule has 0 saturated heterocycles. The summed E-state index contributed by atoms with van der Waals surface area (Å²) in [5.41, 5.74) is -0.218. The van der Waals surface area contributed by atoms with Crippen molar-refractivity contribution >= 4 is 22.4 Å². The summed E-state index contributed by atoms with van der Waals surface area (Å²) in [5, 5.41) is 14.3. The Kier molecular flexibility index (Phi) is 4.39. The smallest absolute Gasteiger partial charge is 0.305 e. The van der Waals surface area contributed by atoms with Gasteiger partial charge < -0.3 is 5.32 Å². The Morgan fingerprint density at radius 1 is 1.35 bits per heavy atom. The Balaban J connectivity index is 2.34. The van der Waals surface area contributed by atoms with Gasteiger partial charge in [0.15, 0.2) is 0 Å². The lowest BCUT2D eigenvalue weighted by Crippen LogP contribution is -2.05. The van der Waals surface area contributed by atoms with Gasteiger partial charge in [-0.2, -0.15) is 4.39 Å². The number of nitrogens with zero attached hydrogens (tertiary/aromatic N) is 3. The lowest BCUT2D eigenvalue weighted by molar-refractivity contribution is -0.387. The van der Waals surface area contributed by atoms with Gasteiger partial charge >= 0.3 is 5.69 Å². The van der Waals surface area contributed by atoms with Gasteiger partial charge in [-0.15, -0.1) is 0 Å². The summed E-state index contributed by atoms with van der Waals surface area (Å²) in [6.07, 6.45) is 4.48. The molecule has 0 bridgehead atoms. The third-order valence-corrected chi connectivity index (χ3v) is 2.97. The summed E-state index contributed by atoms with van der Waals surface area (Å²) in [4.78, 5) is 18.0. The minimum Gasteiger partial charge on any atom is -0.369 e. The molecular weight excluding hydrogens is 263 g/mol. The molecule has 1 aromatic carbocycles. The van der Waals surface area contributed by atoms with Gasteiger partial charge in [0.05, 0.1) is 10.4 Å². The second kappa shape index (κ2) is 6.23. The highest BCUT2D eigenvalue weighted by Gasteiger charge is 2.17. The van der Waals surface area contributed by atoms with Crippen molar-refractivity contribution in [2.24, 2.45) is 0 Å². The van der Waals surface area contributed by atoms with E-state index < -0.39 is 16.4 Å². The van der Waals surface area contributed by atoms with Crippen LogP contribution in [0.1, 0.15) is 26.2 Å². The van der Waals surface area contributed by atoms with Crippen molar-refractivity contribution in [2.45, 2.75) is 26.2 Å². The van der Waals surface area contributed by atoms with Crippen molar-refractivity contribution in [3.05, 3.63) is 34.4 Å². The number of unbranched alkanes of at least 4 members (excludes halogenated alkanes) is 2. The van der Waals surface area contributed by atoms with Crippen LogP contribution in [0.25, 0.3) is 10.9 Å². The van der Waals surface area contributed by atoms with Crippen LogP contribution in [0.2, 0.25) is 0 Å². The molecule has 1 aromatic heterocycles. The second-order valence-corrected chi connectivity index (χ2v) is 4.43. The zero-order chi connectivity index (χ0) is 14.5. The molecule has 0 amide bonds. The maximum absolute atomic E-state index is 13.5. The molecule has 1 N–H and O–H groups in total. The van der Waals surface area contributed by atoms with Crippen LogP contribution < -0.4 is 5.32 Å². The van der Waals surface area contributed by atoms with Gasteiger partial charge in [0.1, 0.15) is 12.1 Å². The van der Waals surface area contributed by atoms with Crippen LogP contribution in [-0.2, 0) is 0 Å². The molecule has 0 spiro atoms. The normalized spacial score (nSPS) is 10.7. The summed E-state index contributed by atoms with van der Waals surface area (Å²) in [5.74, 6) is -0.396. The molecule has 6 nitrogen and oxygen atoms in total. The predicted octanol–water partition coefficient (Wildman–Crippen LogP) is 3.28. The highest BCUT2D eigenvalue weighted by atomic mass is 19.1. The number of rotatable bonds is 6. The molecule has 0 aliphatic heterocycles. The predicted molar refractivity (Wildman–Crippen MR) is 74.2 cm³/mol. The van der Waals surface area contributed by atoms with Gasteiger partial charge in [0, 0.05) is 24.1 Å². The van der Waals surface area contributed by atoms with Crippen LogP contribution in [0.3, 0.4) is 0 Å². The minimum absolute atomic E-state index is 0.348. The topological polar surface area (TPSA) is 81.0 Å². The van der Waals surface area contributed by atoms with Crippen LogP contribution in [0.4, 0.5) is 15.9 Å². The largest absolute Gasteiger partial charge is 0.369 e. The van der Waals surface area contributed by atoms with E-state index in [9.17, 15) is 14.5 Å². The first kappa shape index (κ1) is 14.1. The van der Waals surface area contributed by atoms with E-state index in [2.05, 4.69) is 22.2 Å². The van der Waals surface area contributed by atoms with E-state index >= 15 is 0 Å². The number of benzene rings is 1. The highest BCUT2D eigenvalue weighted by Crippen LogP contribution is 2.27. The van der Waals surface area contributed by atoms with Crippen molar-refractivity contribution in [3.8, 4) is 0 Å². The number of nitro groups is 1. The third kappa shape index (κ3) is 2.98. The number of nitrogens with one attached hydrogen (secondary N) is 1. The third-order valence-electron chi connectivity index (χ3n) is 2.97. The van der Waals surface area contributed by atoms with Crippen molar-refractivity contribution in [1.82, 2.24) is 9.97 Å². The Labute approximate surface area is 115 Å². The standard InChI is InChI=1S/C13H15FN4O2/c1-2-3-4-5-15-13-9-6-12(18(19)20)10(14)7-11(9)16-8-17-13/h6-8H,2-5H2,1H3,(H,15,16,17). The van der Waals surface area contributed by atoms with E-state index in [4.69, 9.17) is 0 Å². The number of anilines is 1. The monoisotopic (exact) mass is 278 g/mol. The molecule has 2 rings (SSSR count). The average Bonchev–Trinajstić information content (AvgIpc) is 2.42. The fourth-order valence-corrected chi connectivity index (χ4v) is 1.93. The van der Waals surface area contributed by atoms with Crippen LogP contribution in [0.15, 0.2) is 18.5 Å². The van der Waals surface area contributed by atoms with Crippen LogP contribution in [-0.4, -0.2) is 21.4 Å². The Morgan fingerprint density at radius 3 is 2.85 bits per heavy atom. The molecule has 0 atom stereocenters. The Bertz CT molecular complexity index is 633. The van der Waals surface area contributed by atoms with Crippen molar-refractivity contribution in [3.63, 3.8) is 0 Å². The number of fused-ring (bicyclic) bond motifs is 1. The van der Waals surface area contributed by atoms with E-state index in [1.807, 2.05) is 0 Å². The van der Waals surface area contributed by atoms with Gasteiger partial charge in [-0.05, 0) is 6.42 Å². The SMILES string of the molecule is CCCCCNc1ncnc2cc(F)c([N+](=O)[O-])cc12. The summed E-state index contributed by atoms with van der Waals surface area (Å²) in [6, 6.07) is 2.24. The van der Waals surface area contributed by atoms with E-state index in [1.165, 1.54) is 12.4 Å². The summed E-state index contributed by atoms with van der Waals surface area (Å²) >= 11 is 0. The molecule has 2 aromatic rings. The summed E-state index contributed by atoms with van der Waals surface area (Å²) in [6.45, 7) is 2.82. The number of aromatic nitrogens is 2. The quantitative estimate of drug-likeness (QED) is 0.498. The van der Waals surface area contributed by atoms with E-state index in [-0.39, 0.29) is 0 Å². The maximum atomic E-state index is 13.5. The molecule has 0 aliphatic rings. The molecule has 0 unspecified atom stereocenters. The summed E-state index contributed by atoms with van der Waals surface area (Å²) < 4.78 is 13.5. The number of hydrogen-bond donors (Lipinski definition) is 1. The fraction of sp³-hybridized carbons (Fsp3) is 0.385. The zero-order valence-corrected chi connectivity index (χ0v) is 11.1. The Morgan fingerprint density at radius 2 is 2.15 bits per heavy atom. The molecule has 0 radical (unpaired) electrons. The lowest BCUT2D eigenvalue weighted by atomic mass is 10.2. The lowest BCUT2D eigenvalue weighted by Gasteiger charge is -2.08. The maximum Gasteiger partial charge on any atom is 0.305 e. The van der Waals surface area contributed by atoms with Crippen molar-refractivity contribution < 1.29 is 9.31 Å². The number of hydrogen-bond acceptors (Lipinski definition) is 5. The first-order valence-electron chi connectivity index (χ1n) is 6.46. The van der Waals surface area contributed by atoms with E-state index in [1.54, 1.807) is 0 Å². The fourth-order valence-electron chi connectivity index (χ4n) is 1.93. The molecular formula is C13H15FN4O2. The first-order valence-corrected chi connectivity index (χ1v) is 6.46. The Hall–Kier alpha value is -2.31. The van der Waals surface area contributed by atoms with Gasteiger partial charge in [0.2, 0.25) is 5.82 Å². The minimum atomic E-state index is -0.891. The van der Waals surface area contributed by atoms with Crippen molar-refractivity contribution in [2.75, 3.05) is 11.9 Å². The van der Waals surface area contributed by atoms with Gasteiger partial charge in [-0.3, -0.25) is 10.1 Å². The van der Waals surface area contributed by atoms with Gasteiger partial charge in [0.25, 0.3) is 0 Å². The van der Waals surface area contributed by atoms with Crippen LogP contribution >= 0.6 is 0 Å². The van der Waals surface area contributed by atoms with Crippen molar-refractivity contribution in [1.29, 1.82) is 0 Å². The zero-order valence-electron chi connectivity index (χ0n) is 11.1. The second-order valence-electron chi connectivity index (χ2n) is 4.43. The number of halogens is 1. The highest BCUT2D eigenvalue weighted by molar-refractivity contribution is 5.90. The molecule has 0 aliphatic carbocycles. The van der Waals surface area contributed by atoms with E-state index in [0.717, 1.165) is 25.3 Å². The summed E-state index contributed by atoms with van der Waals surface area (Å²) in [7, 11) is 0. The first-order chi connectivity index (χ1) is 9.63. The number of nitro benzene ring substituents is 1. The molecule has 0 fully saturated rings. The van der Waals surface area contributed by atoms with E-state index in [0.29, 0.717) is 23.3 Å². The van der Waals surface area contributed by atoms with Crippen LogP contribution in [0.5, 0.6) is 0 Å². The van der Waals surface area contributed by atoms with Gasteiger partial charge in [-0.1, -0.05) is 19.8 Å². The van der Waals surface area contributed by atoms with Crippen LogP contribution in [0, 0.1) is 15.9 Å². The molecule has 0 saturated carbocycles. The molecule has 20 heavy (non-hydrogen) atoms. The molecule has 1 heterocycles. The molecule has 106 valence electrons. The van der Waals surface area contributed by atoms with Gasteiger partial charge in [-0.25, -0.2) is 9.97 Å². The molecule has 7 heteroatoms. The average molecular weight is 278 g/mol.